The molecule has 28 heavy (non-hydrogen) atoms. The molecule has 4 nitrogen and oxygen atoms in total. The molecule has 1 N–H and O–H groups in total. The van der Waals surface area contributed by atoms with Crippen LogP contribution in [0.25, 0.3) is 0 Å². The number of aliphatic hydroxyl groups excluding tert-OH is 1. The van der Waals surface area contributed by atoms with E-state index in [-0.39, 0.29) is 17.6 Å². The highest BCUT2D eigenvalue weighted by molar-refractivity contribution is 5.45. The molecule has 0 amide bonds. The number of aliphatic hydroxyl groups is 1. The summed E-state index contributed by atoms with van der Waals surface area (Å²) in [4.78, 5) is 4.72. The van der Waals surface area contributed by atoms with E-state index in [1.807, 2.05) is 0 Å². The minimum atomic E-state index is -0.334. The van der Waals surface area contributed by atoms with Gasteiger partial charge in [0.05, 0.1) is 18.8 Å². The fraction of sp³-hybridized carbons (Fsp3) is 0.500. The Kier molecular flexibility index (Phi) is 4.46. The number of piperidine rings is 1. The van der Waals surface area contributed by atoms with Crippen molar-refractivity contribution >= 4 is 0 Å². The van der Waals surface area contributed by atoms with Gasteiger partial charge in [-0.1, -0.05) is 36.4 Å². The Morgan fingerprint density at radius 1 is 1.14 bits per heavy atom. The van der Waals surface area contributed by atoms with Gasteiger partial charge in [0.2, 0.25) is 0 Å². The van der Waals surface area contributed by atoms with E-state index in [9.17, 15) is 5.11 Å². The van der Waals surface area contributed by atoms with Gasteiger partial charge in [0.15, 0.2) is 0 Å². The zero-order chi connectivity index (χ0) is 19.3. The maximum absolute atomic E-state index is 11.4. The molecule has 4 heteroatoms. The smallest absolute Gasteiger partial charge is 0.122 e. The van der Waals surface area contributed by atoms with E-state index in [1.54, 1.807) is 0 Å². The zero-order valence-electron chi connectivity index (χ0n) is 16.9. The van der Waals surface area contributed by atoms with Crippen LogP contribution < -0.4 is 4.74 Å². The molecule has 0 saturated carbocycles. The topological polar surface area (TPSA) is 35.9 Å². The van der Waals surface area contributed by atoms with Crippen molar-refractivity contribution in [2.24, 2.45) is 0 Å². The van der Waals surface area contributed by atoms with Gasteiger partial charge >= 0.3 is 0 Å². The number of hydrogen-bond acceptors (Lipinski definition) is 4. The molecule has 0 aromatic heterocycles. The average molecular weight is 379 g/mol. The predicted molar refractivity (Wildman–Crippen MR) is 111 cm³/mol. The second-order valence-corrected chi connectivity index (χ2v) is 8.91. The Hall–Kier alpha value is -1.88. The Morgan fingerprint density at radius 3 is 2.71 bits per heavy atom. The highest BCUT2D eigenvalue weighted by Crippen LogP contribution is 2.52. The van der Waals surface area contributed by atoms with E-state index in [0.29, 0.717) is 0 Å². The molecule has 5 rings (SSSR count). The molecule has 0 bridgehead atoms. The SMILES string of the molecule is CN(C)[C@@H]1c2ccccc2C2(CCN(Cc3ccc4c(c3)CCO4)CC2)[C@H]1O. The van der Waals surface area contributed by atoms with Crippen molar-refractivity contribution in [1.82, 2.24) is 9.80 Å². The first-order valence-corrected chi connectivity index (χ1v) is 10.5. The van der Waals surface area contributed by atoms with Crippen LogP contribution in [0.5, 0.6) is 5.75 Å². The number of likely N-dealkylation sites (tertiary alicyclic amines) is 1. The summed E-state index contributed by atoms with van der Waals surface area (Å²) in [6.45, 7) is 3.85. The molecule has 2 aliphatic heterocycles. The zero-order valence-corrected chi connectivity index (χ0v) is 16.9. The van der Waals surface area contributed by atoms with E-state index >= 15 is 0 Å². The van der Waals surface area contributed by atoms with Crippen molar-refractivity contribution in [3.8, 4) is 5.75 Å². The van der Waals surface area contributed by atoms with E-state index in [2.05, 4.69) is 66.4 Å². The molecule has 1 spiro atoms. The average Bonchev–Trinajstić information content (AvgIpc) is 3.25. The number of benzene rings is 2. The van der Waals surface area contributed by atoms with Crippen LogP contribution >= 0.6 is 0 Å². The second kappa shape index (κ2) is 6.87. The monoisotopic (exact) mass is 378 g/mol. The van der Waals surface area contributed by atoms with Crippen molar-refractivity contribution in [2.45, 2.75) is 43.4 Å². The molecule has 1 aliphatic carbocycles. The Morgan fingerprint density at radius 2 is 1.93 bits per heavy atom. The van der Waals surface area contributed by atoms with Gasteiger partial charge < -0.3 is 14.7 Å². The molecule has 0 radical (unpaired) electrons. The third-order valence-electron chi connectivity index (χ3n) is 7.15. The van der Waals surface area contributed by atoms with Crippen LogP contribution in [-0.2, 0) is 18.4 Å². The van der Waals surface area contributed by atoms with Gasteiger partial charge in [-0.15, -0.1) is 0 Å². The van der Waals surface area contributed by atoms with Crippen LogP contribution in [0.3, 0.4) is 0 Å². The lowest BCUT2D eigenvalue weighted by molar-refractivity contribution is -0.00392. The van der Waals surface area contributed by atoms with Crippen molar-refractivity contribution in [1.29, 1.82) is 0 Å². The molecule has 1 fully saturated rings. The Bertz CT molecular complexity index is 871. The first-order chi connectivity index (χ1) is 13.6. The molecule has 2 aromatic carbocycles. The van der Waals surface area contributed by atoms with E-state index in [1.165, 1.54) is 22.3 Å². The summed E-state index contributed by atoms with van der Waals surface area (Å²) in [6.07, 6.45) is 2.73. The Balaban J connectivity index is 1.34. The van der Waals surface area contributed by atoms with Gasteiger partial charge in [0.1, 0.15) is 5.75 Å². The molecule has 148 valence electrons. The second-order valence-electron chi connectivity index (χ2n) is 8.91. The Labute approximate surface area is 167 Å². The predicted octanol–water partition coefficient (Wildman–Crippen LogP) is 3.13. The van der Waals surface area contributed by atoms with Crippen molar-refractivity contribution in [2.75, 3.05) is 33.8 Å². The molecular formula is C24H30N2O2. The van der Waals surface area contributed by atoms with Crippen LogP contribution in [0.15, 0.2) is 42.5 Å². The van der Waals surface area contributed by atoms with E-state index in [4.69, 9.17) is 4.74 Å². The molecule has 3 aliphatic rings. The third kappa shape index (κ3) is 2.78. The summed E-state index contributed by atoms with van der Waals surface area (Å²) < 4.78 is 5.64. The first kappa shape index (κ1) is 18.2. The van der Waals surface area contributed by atoms with Gasteiger partial charge in [0.25, 0.3) is 0 Å². The molecule has 2 atom stereocenters. The van der Waals surface area contributed by atoms with Crippen LogP contribution in [0.1, 0.15) is 41.1 Å². The quantitative estimate of drug-likeness (QED) is 0.890. The summed E-state index contributed by atoms with van der Waals surface area (Å²) in [6, 6.07) is 15.4. The van der Waals surface area contributed by atoms with Gasteiger partial charge in [-0.2, -0.15) is 0 Å². The lowest BCUT2D eigenvalue weighted by Crippen LogP contribution is -2.49. The van der Waals surface area contributed by atoms with E-state index in [0.717, 1.165) is 51.3 Å². The van der Waals surface area contributed by atoms with Gasteiger partial charge in [0, 0.05) is 18.4 Å². The van der Waals surface area contributed by atoms with Crippen molar-refractivity contribution < 1.29 is 9.84 Å². The minimum Gasteiger partial charge on any atom is -0.493 e. The normalized spacial score (nSPS) is 25.7. The van der Waals surface area contributed by atoms with E-state index < -0.39 is 0 Å². The number of nitrogens with zero attached hydrogens (tertiary/aromatic N) is 2. The van der Waals surface area contributed by atoms with Crippen molar-refractivity contribution in [3.63, 3.8) is 0 Å². The number of likely N-dealkylation sites (N-methyl/N-ethyl adjacent to an activating group) is 1. The standard InChI is InChI=1S/C24H30N2O2/c1-25(2)22-19-5-3-4-6-20(19)24(23(22)27)10-12-26(13-11-24)16-17-7-8-21-18(15-17)9-14-28-21/h3-8,15,22-23,27H,9-14,16H2,1-2H3/t22-,23+/m1/s1. The van der Waals surface area contributed by atoms with Gasteiger partial charge in [-0.05, 0) is 68.3 Å². The summed E-state index contributed by atoms with van der Waals surface area (Å²) in [7, 11) is 4.16. The summed E-state index contributed by atoms with van der Waals surface area (Å²) >= 11 is 0. The molecule has 2 aromatic rings. The van der Waals surface area contributed by atoms with Crippen LogP contribution in [0.2, 0.25) is 0 Å². The van der Waals surface area contributed by atoms with Gasteiger partial charge in [-0.3, -0.25) is 4.90 Å². The summed E-state index contributed by atoms with van der Waals surface area (Å²) in [5.41, 5.74) is 5.30. The fourth-order valence-electron chi connectivity index (χ4n) is 5.67. The highest BCUT2D eigenvalue weighted by atomic mass is 16.5. The maximum atomic E-state index is 11.4. The molecule has 2 heterocycles. The summed E-state index contributed by atoms with van der Waals surface area (Å²) in [5, 5.41) is 11.4. The summed E-state index contributed by atoms with van der Waals surface area (Å²) in [5.74, 6) is 1.06. The lowest BCUT2D eigenvalue weighted by atomic mass is 9.72. The van der Waals surface area contributed by atoms with Crippen LogP contribution in [0.4, 0.5) is 0 Å². The maximum Gasteiger partial charge on any atom is 0.122 e. The molecule has 0 unspecified atom stereocenters. The fourth-order valence-corrected chi connectivity index (χ4v) is 5.67. The first-order valence-electron chi connectivity index (χ1n) is 10.5. The number of ether oxygens (including phenoxy) is 1. The van der Waals surface area contributed by atoms with Crippen molar-refractivity contribution in [3.05, 3.63) is 64.7 Å². The highest BCUT2D eigenvalue weighted by Gasteiger charge is 2.52. The van der Waals surface area contributed by atoms with Crippen LogP contribution in [-0.4, -0.2) is 54.8 Å². The number of hydrogen-bond donors (Lipinski definition) is 1. The number of fused-ring (bicyclic) bond motifs is 3. The third-order valence-corrected chi connectivity index (χ3v) is 7.15. The van der Waals surface area contributed by atoms with Gasteiger partial charge in [-0.25, -0.2) is 0 Å². The van der Waals surface area contributed by atoms with Crippen LogP contribution in [0, 0.1) is 0 Å². The molecule has 1 saturated heterocycles. The minimum absolute atomic E-state index is 0.0967. The molecular weight excluding hydrogens is 348 g/mol. The lowest BCUT2D eigenvalue weighted by Gasteiger charge is -2.43. The number of rotatable bonds is 3. The largest absolute Gasteiger partial charge is 0.493 e.